The van der Waals surface area contributed by atoms with E-state index in [4.69, 9.17) is 17.3 Å². The molecular weight excluding hydrogens is 413 g/mol. The normalized spacial score (nSPS) is 10.9. The highest BCUT2D eigenvalue weighted by Crippen LogP contribution is 2.37. The van der Waals surface area contributed by atoms with Gasteiger partial charge in [0.05, 0.1) is 5.39 Å². The fourth-order valence-electron chi connectivity index (χ4n) is 2.92. The van der Waals surface area contributed by atoms with Gasteiger partial charge in [-0.05, 0) is 48.9 Å². The molecule has 4 aromatic rings. The third-order valence-electron chi connectivity index (χ3n) is 4.33. The van der Waals surface area contributed by atoms with Crippen molar-refractivity contribution in [3.8, 4) is 11.1 Å². The van der Waals surface area contributed by atoms with Gasteiger partial charge in [0.1, 0.15) is 22.8 Å². The summed E-state index contributed by atoms with van der Waals surface area (Å²) in [6.07, 6.45) is 1.38. The van der Waals surface area contributed by atoms with Crippen molar-refractivity contribution in [3.05, 3.63) is 64.5 Å². The Morgan fingerprint density at radius 1 is 1.10 bits per heavy atom. The lowest BCUT2D eigenvalue weighted by atomic mass is 10.0. The highest BCUT2D eigenvalue weighted by atomic mass is 35.5. The number of amides is 2. The number of benzene rings is 2. The smallest absolute Gasteiger partial charge is 0.323 e. The number of hydrogen-bond donors (Lipinski definition) is 3. The zero-order chi connectivity index (χ0) is 20.5. The van der Waals surface area contributed by atoms with Crippen LogP contribution in [-0.4, -0.2) is 16.0 Å². The highest BCUT2D eigenvalue weighted by molar-refractivity contribution is 7.17. The zero-order valence-corrected chi connectivity index (χ0v) is 16.7. The lowest BCUT2D eigenvalue weighted by molar-refractivity contribution is 0.262. The lowest BCUT2D eigenvalue weighted by Crippen LogP contribution is -2.19. The fourth-order valence-corrected chi connectivity index (χ4v) is 3.96. The van der Waals surface area contributed by atoms with Crippen LogP contribution in [0.4, 0.5) is 26.4 Å². The van der Waals surface area contributed by atoms with E-state index in [2.05, 4.69) is 20.6 Å². The number of nitrogen functional groups attached to an aromatic ring is 1. The van der Waals surface area contributed by atoms with E-state index in [0.717, 1.165) is 5.56 Å². The highest BCUT2D eigenvalue weighted by Gasteiger charge is 2.15. The summed E-state index contributed by atoms with van der Waals surface area (Å²) in [5.74, 6) is -0.196. The molecule has 0 atom stereocenters. The van der Waals surface area contributed by atoms with Crippen LogP contribution >= 0.6 is 22.9 Å². The molecule has 29 heavy (non-hydrogen) atoms. The summed E-state index contributed by atoms with van der Waals surface area (Å²) in [5, 5.41) is 8.32. The predicted molar refractivity (Wildman–Crippen MR) is 116 cm³/mol. The molecule has 0 saturated heterocycles. The number of rotatable bonds is 3. The van der Waals surface area contributed by atoms with Gasteiger partial charge < -0.3 is 16.4 Å². The van der Waals surface area contributed by atoms with Gasteiger partial charge in [-0.3, -0.25) is 0 Å². The van der Waals surface area contributed by atoms with Crippen molar-refractivity contribution in [2.45, 2.75) is 6.92 Å². The molecular formula is C20H15ClFN5OS. The Hall–Kier alpha value is -3.23. The largest absolute Gasteiger partial charge is 0.383 e. The zero-order valence-electron chi connectivity index (χ0n) is 15.2. The number of carbonyl (C=O) groups is 1. The Bertz CT molecular complexity index is 1240. The first-order valence-corrected chi connectivity index (χ1v) is 9.80. The molecule has 2 aromatic carbocycles. The van der Waals surface area contributed by atoms with Crippen LogP contribution in [0.5, 0.6) is 0 Å². The van der Waals surface area contributed by atoms with Crippen LogP contribution in [0.25, 0.3) is 21.3 Å². The number of hydrogen-bond acceptors (Lipinski definition) is 5. The number of nitrogens with zero attached hydrogens (tertiary/aromatic N) is 2. The maximum atomic E-state index is 14.8. The Morgan fingerprint density at radius 2 is 1.83 bits per heavy atom. The average Bonchev–Trinajstić information content (AvgIpc) is 3.10. The van der Waals surface area contributed by atoms with Gasteiger partial charge in [-0.25, -0.2) is 19.2 Å². The molecule has 0 unspecified atom stereocenters. The Balaban J connectivity index is 1.55. The van der Waals surface area contributed by atoms with Gasteiger partial charge in [0.25, 0.3) is 0 Å². The number of urea groups is 1. The van der Waals surface area contributed by atoms with Crippen molar-refractivity contribution in [1.82, 2.24) is 9.97 Å². The van der Waals surface area contributed by atoms with Crippen LogP contribution in [0.2, 0.25) is 5.02 Å². The molecule has 0 aliphatic rings. The summed E-state index contributed by atoms with van der Waals surface area (Å²) in [6.45, 7) is 1.84. The third kappa shape index (κ3) is 3.85. The second-order valence-electron chi connectivity index (χ2n) is 6.33. The number of carbonyl (C=O) groups excluding carboxylic acids is 1. The maximum absolute atomic E-state index is 14.8. The van der Waals surface area contributed by atoms with Gasteiger partial charge in [0.2, 0.25) is 0 Å². The molecule has 2 heterocycles. The number of halogens is 2. The minimum absolute atomic E-state index is 0.297. The van der Waals surface area contributed by atoms with Crippen molar-refractivity contribution in [3.63, 3.8) is 0 Å². The number of nitrogens with one attached hydrogen (secondary N) is 2. The van der Waals surface area contributed by atoms with Crippen LogP contribution in [0, 0.1) is 12.7 Å². The standard InChI is InChI=1S/C20H15ClFN5OS/c1-10-6-11(3-5-15(10)21)26-20(28)27-12-2-4-13(16(22)7-12)14-8-29-19-17(14)18(23)24-9-25-19/h2-9H,1H3,(H2,23,24,25)(H2,26,27,28). The maximum Gasteiger partial charge on any atom is 0.323 e. The first kappa shape index (κ1) is 19.1. The topological polar surface area (TPSA) is 92.9 Å². The predicted octanol–water partition coefficient (Wildman–Crippen LogP) is 5.69. The average molecular weight is 428 g/mol. The number of aryl methyl sites for hydroxylation is 1. The summed E-state index contributed by atoms with van der Waals surface area (Å²) >= 11 is 7.35. The van der Waals surface area contributed by atoms with Gasteiger partial charge in [-0.15, -0.1) is 11.3 Å². The first-order chi connectivity index (χ1) is 13.9. The minimum Gasteiger partial charge on any atom is -0.383 e. The molecule has 0 radical (unpaired) electrons. The van der Waals surface area contributed by atoms with Crippen molar-refractivity contribution in [2.24, 2.45) is 0 Å². The number of anilines is 3. The second-order valence-corrected chi connectivity index (χ2v) is 7.59. The molecule has 146 valence electrons. The van der Waals surface area contributed by atoms with Crippen molar-refractivity contribution < 1.29 is 9.18 Å². The quantitative estimate of drug-likeness (QED) is 0.391. The van der Waals surface area contributed by atoms with Gasteiger partial charge >= 0.3 is 6.03 Å². The van der Waals surface area contributed by atoms with E-state index in [1.54, 1.807) is 35.7 Å². The van der Waals surface area contributed by atoms with Crippen LogP contribution in [0.15, 0.2) is 48.1 Å². The second kappa shape index (κ2) is 7.65. The summed E-state index contributed by atoms with van der Waals surface area (Å²) < 4.78 is 14.8. The van der Waals surface area contributed by atoms with Gasteiger partial charge in [-0.1, -0.05) is 11.6 Å². The minimum atomic E-state index is -0.493. The van der Waals surface area contributed by atoms with Crippen molar-refractivity contribution in [2.75, 3.05) is 16.4 Å². The van der Waals surface area contributed by atoms with Crippen LogP contribution in [0.3, 0.4) is 0 Å². The van der Waals surface area contributed by atoms with Gasteiger partial charge in [0, 0.05) is 32.9 Å². The van der Waals surface area contributed by atoms with Gasteiger partial charge in [-0.2, -0.15) is 0 Å². The van der Waals surface area contributed by atoms with Crippen molar-refractivity contribution >= 4 is 56.4 Å². The van der Waals surface area contributed by atoms with Crippen molar-refractivity contribution in [1.29, 1.82) is 0 Å². The fraction of sp³-hybridized carbons (Fsp3) is 0.0500. The van der Waals surface area contributed by atoms with E-state index in [1.807, 2.05) is 6.92 Å². The number of fused-ring (bicyclic) bond motifs is 1. The summed E-state index contributed by atoms with van der Waals surface area (Å²) in [5.41, 5.74) is 8.66. The molecule has 9 heteroatoms. The molecule has 0 aliphatic heterocycles. The molecule has 0 saturated carbocycles. The molecule has 2 amide bonds. The first-order valence-electron chi connectivity index (χ1n) is 8.54. The Labute approximate surface area is 174 Å². The monoisotopic (exact) mass is 427 g/mol. The summed E-state index contributed by atoms with van der Waals surface area (Å²) in [6, 6.07) is 9.11. The Morgan fingerprint density at radius 3 is 2.55 bits per heavy atom. The molecule has 0 fully saturated rings. The summed E-state index contributed by atoms with van der Waals surface area (Å²) in [4.78, 5) is 21.0. The van der Waals surface area contributed by atoms with Crippen LogP contribution in [0.1, 0.15) is 5.56 Å². The van der Waals surface area contributed by atoms with E-state index in [0.29, 0.717) is 43.6 Å². The van der Waals surface area contributed by atoms with Gasteiger partial charge in [0.15, 0.2) is 0 Å². The number of thiophene rings is 1. The summed E-state index contributed by atoms with van der Waals surface area (Å²) in [7, 11) is 0. The van der Waals surface area contributed by atoms with E-state index in [-0.39, 0.29) is 0 Å². The van der Waals surface area contributed by atoms with Crippen LogP contribution in [-0.2, 0) is 0 Å². The van der Waals surface area contributed by atoms with Crippen LogP contribution < -0.4 is 16.4 Å². The molecule has 4 N–H and O–H groups in total. The molecule has 0 bridgehead atoms. The van der Waals surface area contributed by atoms with E-state index >= 15 is 0 Å². The van der Waals surface area contributed by atoms with E-state index < -0.39 is 11.8 Å². The van der Waals surface area contributed by atoms with E-state index in [1.165, 1.54) is 23.7 Å². The molecule has 2 aromatic heterocycles. The molecule has 4 rings (SSSR count). The molecule has 6 nitrogen and oxygen atoms in total. The molecule has 0 aliphatic carbocycles. The lowest BCUT2D eigenvalue weighted by Gasteiger charge is -2.10. The number of nitrogens with two attached hydrogens (primary N) is 1. The number of aromatic nitrogens is 2. The Kier molecular flexibility index (Phi) is 5.04. The SMILES string of the molecule is Cc1cc(NC(=O)Nc2ccc(-c3csc4ncnc(N)c34)c(F)c2)ccc1Cl. The third-order valence-corrected chi connectivity index (χ3v) is 5.64. The van der Waals surface area contributed by atoms with E-state index in [9.17, 15) is 9.18 Å². The molecule has 0 spiro atoms.